The van der Waals surface area contributed by atoms with Gasteiger partial charge in [0.1, 0.15) is 0 Å². The summed E-state index contributed by atoms with van der Waals surface area (Å²) in [5.41, 5.74) is 0. The van der Waals surface area contributed by atoms with Gasteiger partial charge in [0.25, 0.3) is 0 Å². The second kappa shape index (κ2) is 4.65. The summed E-state index contributed by atoms with van der Waals surface area (Å²) in [4.78, 5) is 0. The van der Waals surface area contributed by atoms with Crippen molar-refractivity contribution in [3.63, 3.8) is 0 Å². The molecular weight excluding hydrogens is 188 g/mol. The third-order valence-corrected chi connectivity index (χ3v) is 4.71. The Labute approximate surface area is 79.7 Å². The lowest BCUT2D eigenvalue weighted by Crippen LogP contribution is -2.16. The molecule has 0 amide bonds. The third-order valence-electron chi connectivity index (χ3n) is 2.37. The van der Waals surface area contributed by atoms with Gasteiger partial charge in [0.2, 0.25) is 0 Å². The van der Waals surface area contributed by atoms with Gasteiger partial charge in [-0.15, -0.1) is 0 Å². The van der Waals surface area contributed by atoms with E-state index in [4.69, 9.17) is 4.74 Å². The van der Waals surface area contributed by atoms with Crippen LogP contribution in [0.15, 0.2) is 12.8 Å². The fourth-order valence-corrected chi connectivity index (χ4v) is 3.61. The predicted molar refractivity (Wildman–Crippen MR) is 52.2 cm³/mol. The van der Waals surface area contributed by atoms with E-state index in [1.165, 1.54) is 6.26 Å². The molecular formula is C9H16O3S. The van der Waals surface area contributed by atoms with E-state index in [2.05, 4.69) is 6.58 Å². The number of ether oxygens (including phenoxy) is 1. The van der Waals surface area contributed by atoms with Crippen molar-refractivity contribution in [3.05, 3.63) is 12.8 Å². The summed E-state index contributed by atoms with van der Waals surface area (Å²) >= 11 is 0. The second-order valence-electron chi connectivity index (χ2n) is 3.31. The van der Waals surface area contributed by atoms with E-state index in [1.54, 1.807) is 0 Å². The molecule has 4 heteroatoms. The molecule has 1 aliphatic heterocycles. The zero-order chi connectivity index (χ0) is 9.73. The number of rotatable bonds is 5. The summed E-state index contributed by atoms with van der Waals surface area (Å²) in [6.07, 6.45) is 4.58. The van der Waals surface area contributed by atoms with Gasteiger partial charge in [-0.2, -0.15) is 0 Å². The summed E-state index contributed by atoms with van der Waals surface area (Å²) in [6, 6.07) is 0. The minimum Gasteiger partial charge on any atom is -0.502 e. The lowest BCUT2D eigenvalue weighted by atomic mass is 10.2. The zero-order valence-corrected chi connectivity index (χ0v) is 8.55. The first kappa shape index (κ1) is 10.6. The monoisotopic (exact) mass is 204 g/mol. The van der Waals surface area contributed by atoms with Crippen molar-refractivity contribution in [1.82, 2.24) is 0 Å². The summed E-state index contributed by atoms with van der Waals surface area (Å²) in [7, 11) is -2.76. The molecule has 1 saturated heterocycles. The zero-order valence-electron chi connectivity index (χ0n) is 7.74. The van der Waals surface area contributed by atoms with E-state index in [1.807, 2.05) is 0 Å². The fraction of sp³-hybridized carbons (Fsp3) is 0.778. The minimum absolute atomic E-state index is 0.110. The van der Waals surface area contributed by atoms with Gasteiger partial charge in [0.15, 0.2) is 9.84 Å². The van der Waals surface area contributed by atoms with Crippen molar-refractivity contribution in [3.8, 4) is 0 Å². The highest BCUT2D eigenvalue weighted by atomic mass is 32.2. The van der Waals surface area contributed by atoms with Crippen LogP contribution in [-0.4, -0.2) is 26.0 Å². The molecule has 0 aliphatic carbocycles. The van der Waals surface area contributed by atoms with Crippen molar-refractivity contribution in [2.24, 2.45) is 0 Å². The van der Waals surface area contributed by atoms with Crippen LogP contribution < -0.4 is 0 Å². The molecule has 1 heterocycles. The topological polar surface area (TPSA) is 43.4 Å². The van der Waals surface area contributed by atoms with Gasteiger partial charge in [-0.1, -0.05) is 6.58 Å². The number of sulfone groups is 1. The molecule has 1 unspecified atom stereocenters. The van der Waals surface area contributed by atoms with Crippen LogP contribution in [0.25, 0.3) is 0 Å². The molecule has 1 aliphatic rings. The number of hydrogen-bond donors (Lipinski definition) is 0. The van der Waals surface area contributed by atoms with Crippen molar-refractivity contribution >= 4 is 9.84 Å². The van der Waals surface area contributed by atoms with E-state index >= 15 is 0 Å². The van der Waals surface area contributed by atoms with E-state index in [-0.39, 0.29) is 5.25 Å². The predicted octanol–water partition coefficient (Wildman–Crippen LogP) is 1.50. The average molecular weight is 204 g/mol. The molecule has 0 aromatic heterocycles. The van der Waals surface area contributed by atoms with Crippen LogP contribution >= 0.6 is 0 Å². The first-order valence-corrected chi connectivity index (χ1v) is 6.32. The summed E-state index contributed by atoms with van der Waals surface area (Å²) in [5, 5.41) is -0.110. The van der Waals surface area contributed by atoms with E-state index < -0.39 is 9.84 Å². The lowest BCUT2D eigenvalue weighted by molar-refractivity contribution is 0.242. The highest BCUT2D eigenvalue weighted by molar-refractivity contribution is 7.92. The van der Waals surface area contributed by atoms with Crippen LogP contribution in [-0.2, 0) is 14.6 Å². The molecule has 0 N–H and O–H groups in total. The van der Waals surface area contributed by atoms with E-state index in [0.29, 0.717) is 12.4 Å². The molecule has 1 atom stereocenters. The normalized spacial score (nSPS) is 25.7. The molecule has 1 rings (SSSR count). The van der Waals surface area contributed by atoms with Gasteiger partial charge in [0.05, 0.1) is 23.9 Å². The molecule has 0 aromatic rings. The Hall–Kier alpha value is -0.510. The maximum atomic E-state index is 11.4. The SMILES string of the molecule is C=COCCCC1CCCS1(=O)=O. The minimum atomic E-state index is -2.76. The van der Waals surface area contributed by atoms with Crippen molar-refractivity contribution in [1.29, 1.82) is 0 Å². The Morgan fingerprint density at radius 2 is 2.31 bits per heavy atom. The van der Waals surface area contributed by atoms with Crippen LogP contribution in [0.5, 0.6) is 0 Å². The Bertz CT molecular complexity index is 256. The average Bonchev–Trinajstić information content (AvgIpc) is 2.40. The number of hydrogen-bond acceptors (Lipinski definition) is 3. The van der Waals surface area contributed by atoms with Gasteiger partial charge in [-0.25, -0.2) is 8.42 Å². The standard InChI is InChI=1S/C9H16O3S/c1-2-12-7-3-5-9-6-4-8-13(9,10)11/h2,9H,1,3-8H2. The molecule has 76 valence electrons. The first-order chi connectivity index (χ1) is 6.17. The molecule has 1 fully saturated rings. The van der Waals surface area contributed by atoms with Crippen LogP contribution in [0.3, 0.4) is 0 Å². The highest BCUT2D eigenvalue weighted by Crippen LogP contribution is 2.23. The van der Waals surface area contributed by atoms with Gasteiger partial charge in [-0.05, 0) is 25.7 Å². The van der Waals surface area contributed by atoms with Crippen LogP contribution in [0.1, 0.15) is 25.7 Å². The Morgan fingerprint density at radius 1 is 1.54 bits per heavy atom. The van der Waals surface area contributed by atoms with Crippen LogP contribution in [0.4, 0.5) is 0 Å². The largest absolute Gasteiger partial charge is 0.502 e. The van der Waals surface area contributed by atoms with Crippen molar-refractivity contribution in [2.75, 3.05) is 12.4 Å². The molecule has 0 saturated carbocycles. The quantitative estimate of drug-likeness (QED) is 0.503. The van der Waals surface area contributed by atoms with Gasteiger partial charge < -0.3 is 4.74 Å². The molecule has 0 radical (unpaired) electrons. The van der Waals surface area contributed by atoms with Gasteiger partial charge in [-0.3, -0.25) is 0 Å². The molecule has 3 nitrogen and oxygen atoms in total. The maximum absolute atomic E-state index is 11.4. The summed E-state index contributed by atoms with van der Waals surface area (Å²) in [6.45, 7) is 4.00. The Morgan fingerprint density at radius 3 is 2.85 bits per heavy atom. The molecule has 0 spiro atoms. The van der Waals surface area contributed by atoms with Gasteiger partial charge >= 0.3 is 0 Å². The fourth-order valence-electron chi connectivity index (χ4n) is 1.66. The smallest absolute Gasteiger partial charge is 0.153 e. The lowest BCUT2D eigenvalue weighted by Gasteiger charge is -2.07. The van der Waals surface area contributed by atoms with Crippen LogP contribution in [0.2, 0.25) is 0 Å². The summed E-state index contributed by atoms with van der Waals surface area (Å²) < 4.78 is 27.7. The third kappa shape index (κ3) is 3.03. The van der Waals surface area contributed by atoms with Crippen LogP contribution in [0, 0.1) is 0 Å². The van der Waals surface area contributed by atoms with E-state index in [0.717, 1.165) is 25.7 Å². The van der Waals surface area contributed by atoms with Gasteiger partial charge in [0, 0.05) is 0 Å². The molecule has 0 bridgehead atoms. The van der Waals surface area contributed by atoms with Crippen molar-refractivity contribution in [2.45, 2.75) is 30.9 Å². The summed E-state index contributed by atoms with van der Waals surface area (Å²) in [5.74, 6) is 0.375. The van der Waals surface area contributed by atoms with Crippen molar-refractivity contribution < 1.29 is 13.2 Å². The Balaban J connectivity index is 2.25. The Kier molecular flexibility index (Phi) is 3.78. The highest BCUT2D eigenvalue weighted by Gasteiger charge is 2.30. The maximum Gasteiger partial charge on any atom is 0.153 e. The molecule has 13 heavy (non-hydrogen) atoms. The molecule has 0 aromatic carbocycles. The first-order valence-electron chi connectivity index (χ1n) is 4.61. The van der Waals surface area contributed by atoms with E-state index in [9.17, 15) is 8.42 Å². The second-order valence-corrected chi connectivity index (χ2v) is 5.71.